The Kier molecular flexibility index (Phi) is 11.2. The third-order valence-electron chi connectivity index (χ3n) is 7.11. The van der Waals surface area contributed by atoms with Crippen LogP contribution in [-0.2, 0) is 14.3 Å². The molecule has 1 amide bonds. The Balaban J connectivity index is 1.52. The standard InChI is InChI=1S/C29H38F4N2O3/c1-34-28(37)21-9-5-4-6-10-23(19-21)38-18-8-3-2-7-11-25(36)24-16-17-26(29(31,32)33)35-27(24)20-12-14-22(30)15-13-20/h3,8,10,12,14,19-20,22,26,35H,2,4-7,9,11,13,15-18H2,1H3,(H,34,37)/b8-3-,21-19?,23-10?. The fourth-order valence-corrected chi connectivity index (χ4v) is 4.97. The number of rotatable bonds is 10. The average molecular weight is 539 g/mol. The van der Waals surface area contributed by atoms with E-state index in [1.807, 2.05) is 18.2 Å². The predicted octanol–water partition coefficient (Wildman–Crippen LogP) is 6.30. The number of carbonyl (C=O) groups excluding carboxylic acids is 2. The monoisotopic (exact) mass is 538 g/mol. The van der Waals surface area contributed by atoms with Crippen LogP contribution < -0.4 is 10.6 Å². The van der Waals surface area contributed by atoms with Crippen molar-refractivity contribution < 1.29 is 31.9 Å². The van der Waals surface area contributed by atoms with Crippen LogP contribution in [-0.4, -0.2) is 43.7 Å². The zero-order valence-electron chi connectivity index (χ0n) is 21.9. The van der Waals surface area contributed by atoms with E-state index < -0.39 is 24.3 Å². The van der Waals surface area contributed by atoms with E-state index in [-0.39, 0.29) is 37.4 Å². The number of ketones is 1. The fraction of sp³-hybridized carbons (Fsp3) is 0.586. The minimum Gasteiger partial charge on any atom is -0.490 e. The largest absolute Gasteiger partial charge is 0.490 e. The van der Waals surface area contributed by atoms with Gasteiger partial charge in [0.1, 0.15) is 24.6 Å². The number of allylic oxidation sites excluding steroid dienone is 6. The molecule has 3 unspecified atom stereocenters. The second kappa shape index (κ2) is 14.4. The number of ether oxygens (including phenoxy) is 1. The number of unbranched alkanes of at least 4 members (excludes halogenated alkanes) is 1. The summed E-state index contributed by atoms with van der Waals surface area (Å²) in [5, 5.41) is 5.23. The highest BCUT2D eigenvalue weighted by Crippen LogP contribution is 2.36. The van der Waals surface area contributed by atoms with Gasteiger partial charge in [0.15, 0.2) is 5.78 Å². The predicted molar refractivity (Wildman–Crippen MR) is 139 cm³/mol. The first-order chi connectivity index (χ1) is 18.2. The Morgan fingerprint density at radius 3 is 2.66 bits per heavy atom. The van der Waals surface area contributed by atoms with Crippen LogP contribution in [0.25, 0.3) is 0 Å². The van der Waals surface area contributed by atoms with Gasteiger partial charge in [-0.2, -0.15) is 13.2 Å². The lowest BCUT2D eigenvalue weighted by Crippen LogP contribution is -2.46. The molecule has 0 aromatic heterocycles. The second-order valence-corrected chi connectivity index (χ2v) is 9.95. The Labute approximate surface area is 222 Å². The molecule has 38 heavy (non-hydrogen) atoms. The highest BCUT2D eigenvalue weighted by atomic mass is 19.4. The van der Waals surface area contributed by atoms with Gasteiger partial charge in [-0.15, -0.1) is 0 Å². The lowest BCUT2D eigenvalue weighted by molar-refractivity contribution is -0.157. The number of hydrogen-bond acceptors (Lipinski definition) is 4. The maximum absolute atomic E-state index is 13.5. The molecular formula is C29H38F4N2O3. The van der Waals surface area contributed by atoms with Crippen LogP contribution in [0.4, 0.5) is 17.6 Å². The Hall–Kier alpha value is -2.84. The van der Waals surface area contributed by atoms with Crippen molar-refractivity contribution >= 4 is 11.7 Å². The first-order valence-corrected chi connectivity index (χ1v) is 13.5. The van der Waals surface area contributed by atoms with Crippen LogP contribution >= 0.6 is 0 Å². The summed E-state index contributed by atoms with van der Waals surface area (Å²) in [7, 11) is 1.61. The highest BCUT2D eigenvalue weighted by molar-refractivity contribution is 5.96. The van der Waals surface area contributed by atoms with Crippen molar-refractivity contribution in [2.75, 3.05) is 13.7 Å². The summed E-state index contributed by atoms with van der Waals surface area (Å²) in [4.78, 5) is 25.0. The van der Waals surface area contributed by atoms with Crippen LogP contribution in [0.2, 0.25) is 0 Å². The minimum absolute atomic E-state index is 0.0685. The zero-order valence-corrected chi connectivity index (χ0v) is 21.9. The van der Waals surface area contributed by atoms with E-state index in [4.69, 9.17) is 4.74 Å². The van der Waals surface area contributed by atoms with Crippen molar-refractivity contribution in [2.45, 2.75) is 89.0 Å². The van der Waals surface area contributed by atoms with Gasteiger partial charge in [0.2, 0.25) is 5.91 Å². The summed E-state index contributed by atoms with van der Waals surface area (Å²) in [5.41, 5.74) is 1.42. The van der Waals surface area contributed by atoms with Crippen LogP contribution in [0.1, 0.15) is 70.6 Å². The van der Waals surface area contributed by atoms with E-state index >= 15 is 0 Å². The smallest absolute Gasteiger partial charge is 0.408 e. The number of carbonyl (C=O) groups is 2. The molecular weight excluding hydrogens is 500 g/mol. The molecule has 0 spiro atoms. The highest BCUT2D eigenvalue weighted by Gasteiger charge is 2.43. The van der Waals surface area contributed by atoms with Gasteiger partial charge in [-0.25, -0.2) is 4.39 Å². The summed E-state index contributed by atoms with van der Waals surface area (Å²) in [6, 6.07) is -1.69. The Bertz CT molecular complexity index is 994. The molecule has 0 fully saturated rings. The molecule has 3 rings (SSSR count). The minimum atomic E-state index is -4.40. The zero-order chi connectivity index (χ0) is 27.5. The number of hydrogen-bond donors (Lipinski definition) is 2. The molecule has 0 saturated heterocycles. The van der Waals surface area contributed by atoms with E-state index in [0.717, 1.165) is 19.3 Å². The van der Waals surface area contributed by atoms with Crippen LogP contribution in [0, 0.1) is 5.92 Å². The summed E-state index contributed by atoms with van der Waals surface area (Å²) < 4.78 is 59.4. The first kappa shape index (κ1) is 29.7. The fourth-order valence-electron chi connectivity index (χ4n) is 4.97. The first-order valence-electron chi connectivity index (χ1n) is 13.5. The number of halogens is 4. The van der Waals surface area contributed by atoms with Gasteiger partial charge in [-0.1, -0.05) is 24.3 Å². The van der Waals surface area contributed by atoms with Gasteiger partial charge in [0.05, 0.1) is 0 Å². The third-order valence-corrected chi connectivity index (χ3v) is 7.11. The maximum atomic E-state index is 13.5. The van der Waals surface area contributed by atoms with Crippen molar-refractivity contribution in [1.82, 2.24) is 10.6 Å². The SMILES string of the molecule is CNC(=O)C1=CC(OC/C=C\CCCC(=O)C2=C(C3C=CC(F)CC3)NC(C(F)(F)F)CC2)=CCCCC1. The molecule has 2 N–H and O–H groups in total. The molecule has 0 saturated carbocycles. The molecule has 1 heterocycles. The normalized spacial score (nSPS) is 24.7. The molecule has 2 aliphatic carbocycles. The van der Waals surface area contributed by atoms with Crippen LogP contribution in [0.5, 0.6) is 0 Å². The summed E-state index contributed by atoms with van der Waals surface area (Å²) in [6.45, 7) is 0.332. The summed E-state index contributed by atoms with van der Waals surface area (Å²) in [6.07, 6.45) is 10.5. The van der Waals surface area contributed by atoms with Gasteiger partial charge in [0.25, 0.3) is 0 Å². The molecule has 3 atom stereocenters. The lowest BCUT2D eigenvalue weighted by Gasteiger charge is -2.34. The molecule has 0 radical (unpaired) electrons. The topological polar surface area (TPSA) is 67.4 Å². The number of alkyl halides is 4. The van der Waals surface area contributed by atoms with Gasteiger partial charge in [0, 0.05) is 36.2 Å². The van der Waals surface area contributed by atoms with Gasteiger partial charge in [-0.05, 0) is 76.4 Å². The van der Waals surface area contributed by atoms with Crippen LogP contribution in [0.3, 0.4) is 0 Å². The summed E-state index contributed by atoms with van der Waals surface area (Å²) in [5.74, 6) is 0.0114. The van der Waals surface area contributed by atoms with Gasteiger partial charge >= 0.3 is 6.18 Å². The molecule has 0 bridgehead atoms. The van der Waals surface area contributed by atoms with Crippen molar-refractivity contribution in [3.05, 3.63) is 59.1 Å². The van der Waals surface area contributed by atoms with E-state index in [0.29, 0.717) is 54.9 Å². The summed E-state index contributed by atoms with van der Waals surface area (Å²) >= 11 is 0. The lowest BCUT2D eigenvalue weighted by atomic mass is 9.83. The average Bonchev–Trinajstić information content (AvgIpc) is 2.88. The van der Waals surface area contributed by atoms with E-state index in [2.05, 4.69) is 10.6 Å². The second-order valence-electron chi connectivity index (χ2n) is 9.95. The van der Waals surface area contributed by atoms with Crippen molar-refractivity contribution in [1.29, 1.82) is 0 Å². The number of Topliss-reactive ketones (excluding diaryl/α,β-unsaturated/α-hetero) is 1. The molecule has 3 aliphatic rings. The van der Waals surface area contributed by atoms with Crippen LogP contribution in [0.15, 0.2) is 59.1 Å². The number of likely N-dealkylation sites (N-methyl/N-ethyl adjacent to an activating group) is 1. The van der Waals surface area contributed by atoms with Gasteiger partial charge < -0.3 is 15.4 Å². The van der Waals surface area contributed by atoms with Crippen molar-refractivity contribution in [2.24, 2.45) is 5.92 Å². The maximum Gasteiger partial charge on any atom is 0.408 e. The molecule has 9 heteroatoms. The van der Waals surface area contributed by atoms with E-state index in [1.54, 1.807) is 19.2 Å². The Morgan fingerprint density at radius 2 is 1.95 bits per heavy atom. The quantitative estimate of drug-likeness (QED) is 0.195. The van der Waals surface area contributed by atoms with Gasteiger partial charge in [-0.3, -0.25) is 9.59 Å². The van der Waals surface area contributed by atoms with Crippen molar-refractivity contribution in [3.8, 4) is 0 Å². The third kappa shape index (κ3) is 8.88. The van der Waals surface area contributed by atoms with E-state index in [9.17, 15) is 27.2 Å². The molecule has 0 aromatic rings. The number of nitrogens with one attached hydrogen (secondary N) is 2. The van der Waals surface area contributed by atoms with Crippen molar-refractivity contribution in [3.63, 3.8) is 0 Å². The molecule has 1 aliphatic heterocycles. The molecule has 5 nitrogen and oxygen atoms in total. The molecule has 0 aromatic carbocycles. The number of amides is 1. The molecule has 210 valence electrons. The Morgan fingerprint density at radius 1 is 1.13 bits per heavy atom. The van der Waals surface area contributed by atoms with E-state index in [1.165, 1.54) is 6.08 Å².